The highest BCUT2D eigenvalue weighted by molar-refractivity contribution is 5.83. The number of rotatable bonds is 5. The Kier molecular flexibility index (Phi) is 5.21. The van der Waals surface area contributed by atoms with Crippen LogP contribution in [0.25, 0.3) is 0 Å². The van der Waals surface area contributed by atoms with Crippen molar-refractivity contribution in [2.45, 2.75) is 12.8 Å². The number of hydrogen-bond acceptors (Lipinski definition) is 4. The topological polar surface area (TPSA) is 108 Å². The number of carboxylic acids is 1. The Bertz CT molecular complexity index is 301. The van der Waals surface area contributed by atoms with Crippen molar-refractivity contribution >= 4 is 17.9 Å². The highest BCUT2D eigenvalue weighted by Gasteiger charge is 2.17. The maximum absolute atomic E-state index is 11.5. The highest BCUT2D eigenvalue weighted by atomic mass is 16.7. The van der Waals surface area contributed by atoms with Crippen molar-refractivity contribution in [3.05, 3.63) is 0 Å². The number of amides is 3. The molecule has 96 valence electrons. The Hall–Kier alpha value is -1.83. The summed E-state index contributed by atoms with van der Waals surface area (Å²) >= 11 is 0. The van der Waals surface area contributed by atoms with Crippen LogP contribution in [0.1, 0.15) is 12.8 Å². The van der Waals surface area contributed by atoms with Crippen LogP contribution in [-0.4, -0.2) is 54.2 Å². The van der Waals surface area contributed by atoms with Gasteiger partial charge in [-0.3, -0.25) is 9.63 Å². The molecular formula is C9H15N3O5. The number of nitrogens with one attached hydrogen (secondary N) is 2. The van der Waals surface area contributed by atoms with Crippen LogP contribution in [-0.2, 0) is 14.4 Å². The third kappa shape index (κ3) is 5.16. The zero-order valence-electron chi connectivity index (χ0n) is 9.27. The molecule has 0 radical (unpaired) electrons. The fourth-order valence-electron chi connectivity index (χ4n) is 1.43. The van der Waals surface area contributed by atoms with Crippen LogP contribution in [0.3, 0.4) is 0 Å². The van der Waals surface area contributed by atoms with Crippen LogP contribution in [0.5, 0.6) is 0 Å². The van der Waals surface area contributed by atoms with Gasteiger partial charge in [0.25, 0.3) is 0 Å². The number of carboxylic acid groups (broad SMARTS) is 1. The summed E-state index contributed by atoms with van der Waals surface area (Å²) < 4.78 is 0. The summed E-state index contributed by atoms with van der Waals surface area (Å²) in [4.78, 5) is 38.6. The van der Waals surface area contributed by atoms with Gasteiger partial charge in [0.1, 0.15) is 0 Å². The van der Waals surface area contributed by atoms with Gasteiger partial charge in [-0.15, -0.1) is 0 Å². The molecule has 0 spiro atoms. The van der Waals surface area contributed by atoms with E-state index in [1.165, 1.54) is 0 Å². The van der Waals surface area contributed by atoms with E-state index in [-0.39, 0.29) is 12.5 Å². The van der Waals surface area contributed by atoms with Crippen molar-refractivity contribution in [1.29, 1.82) is 0 Å². The summed E-state index contributed by atoms with van der Waals surface area (Å²) in [6.45, 7) is 0.686. The van der Waals surface area contributed by atoms with Crippen LogP contribution in [0.15, 0.2) is 0 Å². The molecule has 8 heteroatoms. The Morgan fingerprint density at radius 3 is 2.47 bits per heavy atom. The van der Waals surface area contributed by atoms with Gasteiger partial charge < -0.3 is 15.3 Å². The Labute approximate surface area is 97.9 Å². The minimum atomic E-state index is -1.20. The first-order valence-electron chi connectivity index (χ1n) is 5.25. The van der Waals surface area contributed by atoms with Gasteiger partial charge in [0.15, 0.2) is 6.61 Å². The maximum atomic E-state index is 11.5. The number of carbonyl (C=O) groups is 3. The lowest BCUT2D eigenvalue weighted by atomic mass is 10.4. The standard InChI is InChI=1S/C9H15N3O5/c13-7(12-3-1-2-4-12)5-10-9(16)11-17-6-8(14)15/h1-6H2,(H,14,15)(H2,10,11,16). The summed E-state index contributed by atoms with van der Waals surface area (Å²) in [6, 6.07) is -0.737. The van der Waals surface area contributed by atoms with Gasteiger partial charge in [0.2, 0.25) is 5.91 Å². The maximum Gasteiger partial charge on any atom is 0.339 e. The molecule has 3 amide bonds. The number of urea groups is 1. The molecule has 0 bridgehead atoms. The van der Waals surface area contributed by atoms with Crippen LogP contribution in [0.2, 0.25) is 0 Å². The van der Waals surface area contributed by atoms with Gasteiger partial charge in [-0.2, -0.15) is 0 Å². The van der Waals surface area contributed by atoms with E-state index in [0.717, 1.165) is 25.9 Å². The van der Waals surface area contributed by atoms with Crippen molar-refractivity contribution in [2.75, 3.05) is 26.2 Å². The number of hydroxylamine groups is 1. The first-order valence-corrected chi connectivity index (χ1v) is 5.25. The summed E-state index contributed by atoms with van der Waals surface area (Å²) in [6.07, 6.45) is 1.97. The Morgan fingerprint density at radius 1 is 1.24 bits per heavy atom. The number of likely N-dealkylation sites (tertiary alicyclic amines) is 1. The molecule has 1 aliphatic heterocycles. The summed E-state index contributed by atoms with van der Waals surface area (Å²) in [7, 11) is 0. The van der Waals surface area contributed by atoms with E-state index in [1.54, 1.807) is 4.90 Å². The van der Waals surface area contributed by atoms with E-state index in [9.17, 15) is 14.4 Å². The van der Waals surface area contributed by atoms with E-state index in [0.29, 0.717) is 0 Å². The molecule has 17 heavy (non-hydrogen) atoms. The van der Waals surface area contributed by atoms with E-state index in [4.69, 9.17) is 5.11 Å². The van der Waals surface area contributed by atoms with Gasteiger partial charge in [0.05, 0.1) is 6.54 Å². The van der Waals surface area contributed by atoms with Crippen LogP contribution in [0.4, 0.5) is 4.79 Å². The lowest BCUT2D eigenvalue weighted by Gasteiger charge is -2.15. The second kappa shape index (κ2) is 6.69. The fraction of sp³-hybridized carbons (Fsp3) is 0.667. The molecule has 0 atom stereocenters. The SMILES string of the molecule is O=C(O)CONC(=O)NCC(=O)N1CCCC1. The summed E-state index contributed by atoms with van der Waals surface area (Å²) in [5.41, 5.74) is 1.86. The van der Waals surface area contributed by atoms with Crippen LogP contribution < -0.4 is 10.8 Å². The summed E-state index contributed by atoms with van der Waals surface area (Å²) in [5, 5.41) is 10.5. The molecule has 0 aromatic heterocycles. The molecule has 1 aliphatic rings. The predicted octanol–water partition coefficient (Wildman–Crippen LogP) is -1.08. The number of aliphatic carboxylic acids is 1. The Balaban J connectivity index is 2.10. The van der Waals surface area contributed by atoms with Gasteiger partial charge in [0, 0.05) is 13.1 Å². The minimum Gasteiger partial charge on any atom is -0.479 e. The second-order valence-electron chi connectivity index (χ2n) is 3.56. The van der Waals surface area contributed by atoms with Crippen LogP contribution in [0, 0.1) is 0 Å². The van der Waals surface area contributed by atoms with Crippen molar-refractivity contribution in [3.8, 4) is 0 Å². The first-order chi connectivity index (χ1) is 8.09. The zero-order chi connectivity index (χ0) is 12.7. The molecule has 0 aliphatic carbocycles. The van der Waals surface area contributed by atoms with Crippen molar-refractivity contribution < 1.29 is 24.3 Å². The van der Waals surface area contributed by atoms with Crippen molar-refractivity contribution in [2.24, 2.45) is 0 Å². The first kappa shape index (κ1) is 13.2. The Morgan fingerprint density at radius 2 is 1.88 bits per heavy atom. The lowest BCUT2D eigenvalue weighted by molar-refractivity contribution is -0.144. The molecule has 0 saturated carbocycles. The molecule has 0 unspecified atom stereocenters. The van der Waals surface area contributed by atoms with Crippen molar-refractivity contribution in [3.63, 3.8) is 0 Å². The molecule has 1 heterocycles. The predicted molar refractivity (Wildman–Crippen MR) is 55.9 cm³/mol. The molecule has 0 aromatic carbocycles. The molecule has 1 fully saturated rings. The van der Waals surface area contributed by atoms with Gasteiger partial charge in [-0.1, -0.05) is 0 Å². The van der Waals surface area contributed by atoms with Crippen molar-refractivity contribution in [1.82, 2.24) is 15.7 Å². The van der Waals surface area contributed by atoms with E-state index in [1.807, 2.05) is 5.48 Å². The third-order valence-corrected chi connectivity index (χ3v) is 2.22. The highest BCUT2D eigenvalue weighted by Crippen LogP contribution is 2.06. The van der Waals surface area contributed by atoms with E-state index in [2.05, 4.69) is 10.2 Å². The summed E-state index contributed by atoms with van der Waals surface area (Å²) in [5.74, 6) is -1.35. The average Bonchev–Trinajstić information content (AvgIpc) is 2.78. The zero-order valence-corrected chi connectivity index (χ0v) is 9.27. The third-order valence-electron chi connectivity index (χ3n) is 2.22. The minimum absolute atomic E-state index is 0.123. The second-order valence-corrected chi connectivity index (χ2v) is 3.56. The fourth-order valence-corrected chi connectivity index (χ4v) is 1.43. The quantitative estimate of drug-likeness (QED) is 0.534. The smallest absolute Gasteiger partial charge is 0.339 e. The normalized spacial score (nSPS) is 14.5. The van der Waals surface area contributed by atoms with E-state index < -0.39 is 18.6 Å². The van der Waals surface area contributed by atoms with Crippen LogP contribution >= 0.6 is 0 Å². The number of nitrogens with zero attached hydrogens (tertiary/aromatic N) is 1. The van der Waals surface area contributed by atoms with Gasteiger partial charge in [-0.25, -0.2) is 15.1 Å². The lowest BCUT2D eigenvalue weighted by Crippen LogP contribution is -2.43. The molecule has 3 N–H and O–H groups in total. The number of hydrogen-bond donors (Lipinski definition) is 3. The average molecular weight is 245 g/mol. The molecule has 1 saturated heterocycles. The van der Waals surface area contributed by atoms with E-state index >= 15 is 0 Å². The van der Waals surface area contributed by atoms with Gasteiger partial charge in [-0.05, 0) is 12.8 Å². The van der Waals surface area contributed by atoms with Gasteiger partial charge >= 0.3 is 12.0 Å². The molecule has 0 aromatic rings. The largest absolute Gasteiger partial charge is 0.479 e. The monoisotopic (exact) mass is 245 g/mol. The molecule has 1 rings (SSSR count). The molecular weight excluding hydrogens is 230 g/mol. The molecule has 8 nitrogen and oxygen atoms in total. The number of carbonyl (C=O) groups excluding carboxylic acids is 2.